The Morgan fingerprint density at radius 2 is 1.69 bits per heavy atom. The zero-order valence-electron chi connectivity index (χ0n) is 15.2. The van der Waals surface area contributed by atoms with Crippen LogP contribution in [0, 0.1) is 0 Å². The van der Waals surface area contributed by atoms with E-state index >= 15 is 0 Å². The number of carbonyl (C=O) groups is 2. The number of nitrogens with one attached hydrogen (secondary N) is 1. The lowest BCUT2D eigenvalue weighted by Gasteiger charge is -2.33. The van der Waals surface area contributed by atoms with Gasteiger partial charge in [-0.2, -0.15) is 22.7 Å². The van der Waals surface area contributed by atoms with Gasteiger partial charge in [-0.15, -0.1) is 0 Å². The molecular formula is C18H25NO5S2. The predicted octanol–water partition coefficient (Wildman–Crippen LogP) is 0.835. The Morgan fingerprint density at radius 3 is 2.00 bits per heavy atom. The summed E-state index contributed by atoms with van der Waals surface area (Å²) in [6.45, 7) is 4.04. The highest BCUT2D eigenvalue weighted by molar-refractivity contribution is 7.08. The molecule has 0 aliphatic rings. The van der Waals surface area contributed by atoms with Crippen LogP contribution in [0.5, 0.6) is 0 Å². The molecular weight excluding hydrogens is 374 g/mol. The van der Waals surface area contributed by atoms with E-state index in [1.807, 2.05) is 0 Å². The molecule has 2 aromatic heterocycles. The number of carboxylic acids is 2. The lowest BCUT2D eigenvalue weighted by Crippen LogP contribution is -3.06. The van der Waals surface area contributed by atoms with E-state index < -0.39 is 11.9 Å². The Labute approximate surface area is 161 Å². The molecule has 6 nitrogen and oxygen atoms in total. The molecule has 144 valence electrons. The molecule has 26 heavy (non-hydrogen) atoms. The van der Waals surface area contributed by atoms with Crippen LogP contribution in [-0.4, -0.2) is 44.3 Å². The molecule has 0 amide bonds. The molecule has 2 heterocycles. The highest BCUT2D eigenvalue weighted by atomic mass is 32.1. The summed E-state index contributed by atoms with van der Waals surface area (Å²) in [6.07, 6.45) is 2.14. The number of ether oxygens (including phenoxy) is 1. The maximum Gasteiger partial charge on any atom is 0.351 e. The van der Waals surface area contributed by atoms with Crippen molar-refractivity contribution in [3.63, 3.8) is 0 Å². The summed E-state index contributed by atoms with van der Waals surface area (Å²) in [4.78, 5) is 19.4. The molecule has 0 aliphatic carbocycles. The van der Waals surface area contributed by atoms with Crippen molar-refractivity contribution >= 4 is 34.6 Å². The van der Waals surface area contributed by atoms with Gasteiger partial charge in [0.05, 0.1) is 20.7 Å². The minimum atomic E-state index is -2.07. The van der Waals surface area contributed by atoms with Gasteiger partial charge in [-0.1, -0.05) is 13.3 Å². The first-order valence-corrected chi connectivity index (χ1v) is 10.1. The number of carbonyl (C=O) groups excluding carboxylic acids is 1. The van der Waals surface area contributed by atoms with Crippen molar-refractivity contribution in [2.45, 2.75) is 25.4 Å². The van der Waals surface area contributed by atoms with Gasteiger partial charge >= 0.3 is 5.97 Å². The van der Waals surface area contributed by atoms with Crippen LogP contribution in [0.1, 0.15) is 30.9 Å². The van der Waals surface area contributed by atoms with Gasteiger partial charge in [-0.25, -0.2) is 4.79 Å². The fourth-order valence-electron chi connectivity index (χ4n) is 2.46. The minimum Gasteiger partial charge on any atom is -0.539 e. The highest BCUT2D eigenvalue weighted by Crippen LogP contribution is 2.40. The minimum absolute atomic E-state index is 0.260. The van der Waals surface area contributed by atoms with E-state index in [9.17, 15) is 0 Å². The van der Waals surface area contributed by atoms with Gasteiger partial charge < -0.3 is 24.6 Å². The lowest BCUT2D eigenvalue weighted by molar-refractivity contribution is -0.859. The molecule has 0 aliphatic heterocycles. The van der Waals surface area contributed by atoms with Gasteiger partial charge in [-0.3, -0.25) is 0 Å². The number of aliphatic carboxylic acids is 2. The normalized spacial score (nSPS) is 11.1. The Bertz CT molecular complexity index is 607. The van der Waals surface area contributed by atoms with Crippen LogP contribution >= 0.6 is 22.7 Å². The average molecular weight is 400 g/mol. The molecule has 0 saturated heterocycles. The van der Waals surface area contributed by atoms with Crippen molar-refractivity contribution in [3.8, 4) is 0 Å². The quantitative estimate of drug-likeness (QED) is 0.642. The SMILES string of the molecule is CCCC(OCC[NH+](C)C)(c1ccsc1)c1ccsc1.O=C([O-])C(=O)O. The van der Waals surface area contributed by atoms with Crippen LogP contribution in [0.15, 0.2) is 33.7 Å². The molecule has 0 saturated carbocycles. The predicted molar refractivity (Wildman–Crippen MR) is 101 cm³/mol. The Balaban J connectivity index is 0.000000487. The molecule has 0 fully saturated rings. The van der Waals surface area contributed by atoms with E-state index in [-0.39, 0.29) is 5.60 Å². The number of quaternary nitrogens is 1. The summed E-state index contributed by atoms with van der Waals surface area (Å²) >= 11 is 3.50. The second kappa shape index (κ2) is 11.1. The molecule has 2 rings (SSSR count). The fraction of sp³-hybridized carbons (Fsp3) is 0.444. The van der Waals surface area contributed by atoms with Gasteiger partial charge in [0.25, 0.3) is 0 Å². The van der Waals surface area contributed by atoms with Gasteiger partial charge in [0.2, 0.25) is 0 Å². The zero-order valence-corrected chi connectivity index (χ0v) is 16.8. The van der Waals surface area contributed by atoms with Crippen molar-refractivity contribution in [1.29, 1.82) is 0 Å². The van der Waals surface area contributed by atoms with Crippen molar-refractivity contribution in [1.82, 2.24) is 0 Å². The number of hydrogen-bond acceptors (Lipinski definition) is 6. The molecule has 0 spiro atoms. The molecule has 0 unspecified atom stereocenters. The van der Waals surface area contributed by atoms with Crippen LogP contribution in [0.3, 0.4) is 0 Å². The maximum absolute atomic E-state index is 9.04. The largest absolute Gasteiger partial charge is 0.539 e. The van der Waals surface area contributed by atoms with Crippen molar-refractivity contribution < 1.29 is 29.4 Å². The van der Waals surface area contributed by atoms with Crippen LogP contribution in [0.2, 0.25) is 0 Å². The lowest BCUT2D eigenvalue weighted by atomic mass is 9.85. The average Bonchev–Trinajstić information content (AvgIpc) is 3.28. The topological polar surface area (TPSA) is 91.1 Å². The second-order valence-corrected chi connectivity index (χ2v) is 7.56. The van der Waals surface area contributed by atoms with E-state index in [0.717, 1.165) is 26.0 Å². The highest BCUT2D eigenvalue weighted by Gasteiger charge is 2.35. The number of rotatable bonds is 8. The van der Waals surface area contributed by atoms with Gasteiger partial charge in [0.1, 0.15) is 12.1 Å². The van der Waals surface area contributed by atoms with Crippen LogP contribution in [-0.2, 0) is 19.9 Å². The van der Waals surface area contributed by atoms with Crippen molar-refractivity contribution in [3.05, 3.63) is 44.8 Å². The van der Waals surface area contributed by atoms with Crippen LogP contribution < -0.4 is 10.0 Å². The number of hydrogen-bond donors (Lipinski definition) is 2. The Morgan fingerprint density at radius 1 is 1.19 bits per heavy atom. The summed E-state index contributed by atoms with van der Waals surface area (Å²) in [5, 5.41) is 25.1. The second-order valence-electron chi connectivity index (χ2n) is 6.00. The van der Waals surface area contributed by atoms with Crippen molar-refractivity contribution in [2.24, 2.45) is 0 Å². The van der Waals surface area contributed by atoms with E-state index in [2.05, 4.69) is 54.7 Å². The van der Waals surface area contributed by atoms with E-state index in [4.69, 9.17) is 24.5 Å². The molecule has 0 atom stereocenters. The first-order valence-electron chi connectivity index (χ1n) is 8.26. The summed E-state index contributed by atoms with van der Waals surface area (Å²) < 4.78 is 6.46. The van der Waals surface area contributed by atoms with Crippen LogP contribution in [0.4, 0.5) is 0 Å². The first kappa shape index (κ1) is 22.3. The van der Waals surface area contributed by atoms with Gasteiger partial charge in [-0.05, 0) is 51.2 Å². The molecule has 2 aromatic rings. The van der Waals surface area contributed by atoms with E-state index in [0.29, 0.717) is 0 Å². The smallest absolute Gasteiger partial charge is 0.351 e. The van der Waals surface area contributed by atoms with Gasteiger partial charge in [0, 0.05) is 0 Å². The summed E-state index contributed by atoms with van der Waals surface area (Å²) in [6, 6.07) is 4.42. The maximum atomic E-state index is 9.04. The molecule has 0 bridgehead atoms. The molecule has 0 radical (unpaired) electrons. The fourth-order valence-corrected chi connectivity index (χ4v) is 3.90. The molecule has 2 N–H and O–H groups in total. The third-order valence-corrected chi connectivity index (χ3v) is 5.07. The number of likely N-dealkylation sites (N-methyl/N-ethyl adjacent to an activating group) is 1. The van der Waals surface area contributed by atoms with Crippen molar-refractivity contribution in [2.75, 3.05) is 27.2 Å². The van der Waals surface area contributed by atoms with E-state index in [1.54, 1.807) is 22.7 Å². The summed E-state index contributed by atoms with van der Waals surface area (Å²) in [5.74, 6) is -4.01. The molecule has 8 heteroatoms. The molecule has 0 aromatic carbocycles. The third kappa shape index (κ3) is 6.53. The summed E-state index contributed by atoms with van der Waals surface area (Å²) in [7, 11) is 4.33. The van der Waals surface area contributed by atoms with Crippen LogP contribution in [0.25, 0.3) is 0 Å². The standard InChI is InChI=1S/C16H23NOS2.C2H2O4/c1-4-7-16(14-5-10-19-12-14,15-6-11-20-13-15)18-9-8-17(2)3;3-1(4)2(5)6/h5-6,10-13H,4,7-9H2,1-3H3;(H,3,4)(H,5,6). The summed E-state index contributed by atoms with van der Waals surface area (Å²) in [5.41, 5.74) is 2.34. The van der Waals surface area contributed by atoms with E-state index in [1.165, 1.54) is 16.0 Å². The number of carboxylic acid groups (broad SMARTS) is 2. The first-order chi connectivity index (χ1) is 12.3. The third-order valence-electron chi connectivity index (χ3n) is 3.70. The number of thiophene rings is 2. The Hall–Kier alpha value is -1.74. The Kier molecular flexibility index (Phi) is 9.50. The van der Waals surface area contributed by atoms with Gasteiger partial charge in [0.15, 0.2) is 5.97 Å². The monoisotopic (exact) mass is 399 g/mol. The zero-order chi connectivity index (χ0) is 19.6.